The third-order valence-electron chi connectivity index (χ3n) is 3.60. The number of thioether (sulfide) groups is 1. The molecule has 1 aromatic heterocycles. The molecule has 1 aromatic carbocycles. The van der Waals surface area contributed by atoms with Gasteiger partial charge in [0.2, 0.25) is 5.91 Å². The number of halogens is 4. The van der Waals surface area contributed by atoms with Gasteiger partial charge < -0.3 is 14.8 Å². The van der Waals surface area contributed by atoms with Crippen molar-refractivity contribution in [2.45, 2.75) is 30.9 Å². The first-order valence-corrected chi connectivity index (χ1v) is 9.46. The summed E-state index contributed by atoms with van der Waals surface area (Å²) in [5.74, 6) is -1.19. The van der Waals surface area contributed by atoms with E-state index in [2.05, 4.69) is 10.2 Å². The van der Waals surface area contributed by atoms with E-state index in [1.165, 1.54) is 25.3 Å². The number of ether oxygens (including phenoxy) is 2. The number of methoxy groups -OCH3 is 1. The van der Waals surface area contributed by atoms with Crippen LogP contribution in [0.25, 0.3) is 0 Å². The molecule has 2 rings (SSSR count). The Bertz CT molecular complexity index is 816. The Kier molecular flexibility index (Phi) is 8.26. The molecule has 0 aliphatic rings. The number of carbonyl (C=O) groups is 1. The molecule has 0 aliphatic heterocycles. The third-order valence-corrected chi connectivity index (χ3v) is 4.54. The van der Waals surface area contributed by atoms with Gasteiger partial charge in [-0.05, 0) is 19.1 Å². The molecule has 0 spiro atoms. The van der Waals surface area contributed by atoms with Crippen molar-refractivity contribution in [1.82, 2.24) is 20.1 Å². The van der Waals surface area contributed by atoms with Crippen molar-refractivity contribution in [2.24, 2.45) is 0 Å². The van der Waals surface area contributed by atoms with E-state index in [1.54, 1.807) is 16.0 Å². The van der Waals surface area contributed by atoms with Gasteiger partial charge in [-0.15, -0.1) is 10.2 Å². The summed E-state index contributed by atoms with van der Waals surface area (Å²) < 4.78 is 62.5. The summed E-state index contributed by atoms with van der Waals surface area (Å²) in [6.07, 6.45) is -4.48. The van der Waals surface area contributed by atoms with Crippen LogP contribution in [-0.4, -0.2) is 52.9 Å². The van der Waals surface area contributed by atoms with Crippen molar-refractivity contribution in [3.05, 3.63) is 35.9 Å². The maximum absolute atomic E-state index is 13.7. The lowest BCUT2D eigenvalue weighted by molar-refractivity contribution is -0.136. The molecular formula is C17H20F4N4O3S. The Hall–Kier alpha value is -2.34. The van der Waals surface area contributed by atoms with E-state index in [0.29, 0.717) is 17.6 Å². The molecule has 29 heavy (non-hydrogen) atoms. The van der Waals surface area contributed by atoms with Crippen molar-refractivity contribution < 1.29 is 31.8 Å². The molecule has 0 fully saturated rings. The molecule has 12 heteroatoms. The fourth-order valence-corrected chi connectivity index (χ4v) is 3.23. The highest BCUT2D eigenvalue weighted by Crippen LogP contribution is 2.24. The Balaban J connectivity index is 2.07. The molecule has 1 N–H and O–H groups in total. The van der Waals surface area contributed by atoms with Crippen LogP contribution in [0.3, 0.4) is 0 Å². The molecule has 0 unspecified atom stereocenters. The van der Waals surface area contributed by atoms with Crippen LogP contribution in [0.5, 0.6) is 5.75 Å². The molecule has 1 atom stereocenters. The number of nitrogens with one attached hydrogen (secondary N) is 1. The summed E-state index contributed by atoms with van der Waals surface area (Å²) in [4.78, 5) is 11.6. The van der Waals surface area contributed by atoms with Gasteiger partial charge in [-0.25, -0.2) is 4.39 Å². The van der Waals surface area contributed by atoms with Crippen LogP contribution >= 0.6 is 11.8 Å². The number of carbonyl (C=O) groups excluding carboxylic acids is 1. The summed E-state index contributed by atoms with van der Waals surface area (Å²) in [7, 11) is 1.51. The van der Waals surface area contributed by atoms with Crippen LogP contribution in [0.4, 0.5) is 17.6 Å². The number of alkyl halides is 3. The van der Waals surface area contributed by atoms with Gasteiger partial charge in [0.15, 0.2) is 22.5 Å². The van der Waals surface area contributed by atoms with Crippen LogP contribution < -0.4 is 10.1 Å². The zero-order valence-electron chi connectivity index (χ0n) is 15.7. The van der Waals surface area contributed by atoms with E-state index >= 15 is 0 Å². The van der Waals surface area contributed by atoms with Gasteiger partial charge in [-0.1, -0.05) is 23.9 Å². The number of benzene rings is 1. The molecule has 0 aliphatic carbocycles. The van der Waals surface area contributed by atoms with Crippen LogP contribution in [0.2, 0.25) is 0 Å². The first-order valence-electron chi connectivity index (χ1n) is 8.47. The van der Waals surface area contributed by atoms with Gasteiger partial charge >= 0.3 is 6.18 Å². The maximum Gasteiger partial charge on any atom is 0.405 e. The minimum atomic E-state index is -4.48. The van der Waals surface area contributed by atoms with Crippen LogP contribution in [0.15, 0.2) is 29.4 Å². The van der Waals surface area contributed by atoms with Crippen LogP contribution in [-0.2, 0) is 16.1 Å². The predicted octanol–water partition coefficient (Wildman–Crippen LogP) is 2.97. The molecular weight excluding hydrogens is 416 g/mol. The topological polar surface area (TPSA) is 78.3 Å². The zero-order valence-corrected chi connectivity index (χ0v) is 16.5. The average molecular weight is 436 g/mol. The number of rotatable bonds is 10. The summed E-state index contributed by atoms with van der Waals surface area (Å²) in [5.41, 5.74) is 0. The third kappa shape index (κ3) is 7.20. The molecule has 0 saturated carbocycles. The van der Waals surface area contributed by atoms with Crippen molar-refractivity contribution in [3.8, 4) is 5.75 Å². The summed E-state index contributed by atoms with van der Waals surface area (Å²) in [6.45, 7) is 0.607. The lowest BCUT2D eigenvalue weighted by Crippen LogP contribution is -2.34. The van der Waals surface area contributed by atoms with E-state index in [-0.39, 0.29) is 24.2 Å². The highest BCUT2D eigenvalue weighted by atomic mass is 32.2. The minimum Gasteiger partial charge on any atom is -0.483 e. The standard InChI is InChI=1S/C17H20F4N4O3S/c1-11(7-27-2)25-14(8-28-13-6-4-3-5-12(13)18)23-24-16(25)29-9-15(26)22-10-17(19,20)21/h3-6,11H,7-10H2,1-2H3,(H,22,26)/t11-/m1/s1. The predicted molar refractivity (Wildman–Crippen MR) is 97.1 cm³/mol. The second-order valence-electron chi connectivity index (χ2n) is 5.97. The molecule has 0 radical (unpaired) electrons. The minimum absolute atomic E-state index is 0.0437. The Labute approximate surface area is 168 Å². The smallest absolute Gasteiger partial charge is 0.405 e. The van der Waals surface area contributed by atoms with Crippen molar-refractivity contribution in [3.63, 3.8) is 0 Å². The van der Waals surface area contributed by atoms with Crippen LogP contribution in [0.1, 0.15) is 18.8 Å². The van der Waals surface area contributed by atoms with Gasteiger partial charge in [0.05, 0.1) is 18.4 Å². The lowest BCUT2D eigenvalue weighted by Gasteiger charge is -2.17. The highest BCUT2D eigenvalue weighted by Gasteiger charge is 2.28. The van der Waals surface area contributed by atoms with Crippen LogP contribution in [0, 0.1) is 5.82 Å². The highest BCUT2D eigenvalue weighted by molar-refractivity contribution is 7.99. The van der Waals surface area contributed by atoms with Gasteiger partial charge in [-0.2, -0.15) is 13.2 Å². The van der Waals surface area contributed by atoms with E-state index < -0.39 is 24.4 Å². The van der Waals surface area contributed by atoms with Gasteiger partial charge in [0.25, 0.3) is 0 Å². The van der Waals surface area contributed by atoms with E-state index in [4.69, 9.17) is 9.47 Å². The maximum atomic E-state index is 13.7. The van der Waals surface area contributed by atoms with Crippen molar-refractivity contribution >= 4 is 17.7 Å². The number of amides is 1. The molecule has 1 amide bonds. The molecule has 1 heterocycles. The van der Waals surface area contributed by atoms with Gasteiger partial charge in [-0.3, -0.25) is 9.36 Å². The Morgan fingerprint density at radius 3 is 2.69 bits per heavy atom. The largest absolute Gasteiger partial charge is 0.483 e. The molecule has 0 saturated heterocycles. The number of hydrogen-bond acceptors (Lipinski definition) is 6. The number of hydrogen-bond donors (Lipinski definition) is 1. The number of para-hydroxylation sites is 1. The molecule has 2 aromatic rings. The quantitative estimate of drug-likeness (QED) is 0.456. The Morgan fingerprint density at radius 1 is 1.31 bits per heavy atom. The van der Waals surface area contributed by atoms with E-state index in [1.807, 2.05) is 6.92 Å². The lowest BCUT2D eigenvalue weighted by atomic mass is 10.3. The fraction of sp³-hybridized carbons (Fsp3) is 0.471. The van der Waals surface area contributed by atoms with Crippen molar-refractivity contribution in [2.75, 3.05) is 26.0 Å². The van der Waals surface area contributed by atoms with Crippen molar-refractivity contribution in [1.29, 1.82) is 0 Å². The monoisotopic (exact) mass is 436 g/mol. The molecule has 160 valence electrons. The fourth-order valence-electron chi connectivity index (χ4n) is 2.35. The Morgan fingerprint density at radius 2 is 2.03 bits per heavy atom. The summed E-state index contributed by atoms with van der Waals surface area (Å²) in [6, 6.07) is 5.63. The SMILES string of the molecule is COC[C@@H](C)n1c(COc2ccccc2F)nnc1SCC(=O)NCC(F)(F)F. The zero-order chi connectivity index (χ0) is 21.4. The first-order chi connectivity index (χ1) is 13.7. The second-order valence-corrected chi connectivity index (χ2v) is 6.92. The molecule has 0 bridgehead atoms. The summed E-state index contributed by atoms with van der Waals surface area (Å²) in [5, 5.41) is 10.1. The van der Waals surface area contributed by atoms with Gasteiger partial charge in [0.1, 0.15) is 13.2 Å². The second kappa shape index (κ2) is 10.4. The normalized spacial score (nSPS) is 12.6. The molecule has 7 nitrogen and oxygen atoms in total. The van der Waals surface area contributed by atoms with E-state index in [0.717, 1.165) is 11.8 Å². The first kappa shape index (κ1) is 22.9. The number of nitrogens with zero attached hydrogens (tertiary/aromatic N) is 3. The van der Waals surface area contributed by atoms with Gasteiger partial charge in [0, 0.05) is 7.11 Å². The summed E-state index contributed by atoms with van der Waals surface area (Å²) >= 11 is 0.930. The average Bonchev–Trinajstić information content (AvgIpc) is 3.06. The van der Waals surface area contributed by atoms with E-state index in [9.17, 15) is 22.4 Å². The number of aromatic nitrogens is 3.